The lowest BCUT2D eigenvalue weighted by molar-refractivity contribution is 1.22. The summed E-state index contributed by atoms with van der Waals surface area (Å²) >= 11 is 6.10. The standard InChI is InChI=1S/C5H4NS2/c7-2-1-5-3-8-4-6-5/h3-4H,1H2. The van der Waals surface area contributed by atoms with E-state index < -0.39 is 0 Å². The van der Waals surface area contributed by atoms with E-state index in [9.17, 15) is 0 Å². The minimum atomic E-state index is 0.693. The topological polar surface area (TPSA) is 12.9 Å². The summed E-state index contributed by atoms with van der Waals surface area (Å²) in [6.07, 6.45) is 0.693. The Kier molecular flexibility index (Phi) is 2.11. The van der Waals surface area contributed by atoms with Gasteiger partial charge in [-0.1, -0.05) is 12.2 Å². The van der Waals surface area contributed by atoms with Crippen molar-refractivity contribution in [1.29, 1.82) is 0 Å². The van der Waals surface area contributed by atoms with Crippen molar-refractivity contribution in [2.75, 3.05) is 0 Å². The van der Waals surface area contributed by atoms with Crippen LogP contribution < -0.4 is 0 Å². The third-order valence-electron chi connectivity index (χ3n) is 0.737. The highest BCUT2D eigenvalue weighted by atomic mass is 32.1. The van der Waals surface area contributed by atoms with Gasteiger partial charge in [-0.15, -0.1) is 11.3 Å². The highest BCUT2D eigenvalue weighted by molar-refractivity contribution is 7.78. The van der Waals surface area contributed by atoms with Crippen LogP contribution in [-0.4, -0.2) is 10.4 Å². The van der Waals surface area contributed by atoms with E-state index in [-0.39, 0.29) is 0 Å². The van der Waals surface area contributed by atoms with Gasteiger partial charge in [-0.3, -0.25) is 0 Å². The predicted octanol–water partition coefficient (Wildman–Crippen LogP) is 1.56. The van der Waals surface area contributed by atoms with E-state index in [0.717, 1.165) is 5.69 Å². The molecule has 0 N–H and O–H groups in total. The number of hydrogen-bond acceptors (Lipinski definition) is 3. The summed E-state index contributed by atoms with van der Waals surface area (Å²) in [5, 5.41) is 4.57. The average Bonchev–Trinajstić information content (AvgIpc) is 2.19. The van der Waals surface area contributed by atoms with Crippen LogP contribution in [0, 0.1) is 0 Å². The van der Waals surface area contributed by atoms with E-state index >= 15 is 0 Å². The van der Waals surface area contributed by atoms with Gasteiger partial charge in [-0.2, -0.15) is 0 Å². The molecule has 0 atom stereocenters. The maximum atomic E-state index is 4.51. The van der Waals surface area contributed by atoms with Crippen LogP contribution in [0.25, 0.3) is 0 Å². The SMILES string of the molecule is S=[C]Cc1cscn1. The second-order valence-electron chi connectivity index (χ2n) is 1.30. The van der Waals surface area contributed by atoms with Crippen LogP contribution in [0.1, 0.15) is 5.69 Å². The molecule has 1 aromatic heterocycles. The first kappa shape index (κ1) is 5.85. The number of thiazole rings is 1. The molecule has 41 valence electrons. The molecule has 1 nitrogen and oxygen atoms in total. The smallest absolute Gasteiger partial charge is 0.0794 e. The molecule has 1 heterocycles. The molecule has 0 aliphatic carbocycles. The quantitative estimate of drug-likeness (QED) is 0.581. The Bertz CT molecular complexity index is 157. The van der Waals surface area contributed by atoms with Crippen molar-refractivity contribution in [2.45, 2.75) is 6.42 Å². The highest BCUT2D eigenvalue weighted by Gasteiger charge is 1.87. The Hall–Kier alpha value is -0.280. The minimum Gasteiger partial charge on any atom is -0.249 e. The van der Waals surface area contributed by atoms with Gasteiger partial charge in [-0.05, 0) is 0 Å². The number of aromatic nitrogens is 1. The van der Waals surface area contributed by atoms with Crippen LogP contribution in [-0.2, 0) is 6.42 Å². The lowest BCUT2D eigenvalue weighted by Crippen LogP contribution is -1.80. The molecule has 1 rings (SSSR count). The van der Waals surface area contributed by atoms with Crippen LogP contribution in [0.4, 0.5) is 0 Å². The van der Waals surface area contributed by atoms with E-state index in [2.05, 4.69) is 22.6 Å². The number of thiocarbonyl (C=S) groups is 1. The van der Waals surface area contributed by atoms with Gasteiger partial charge >= 0.3 is 0 Å². The zero-order valence-corrected chi connectivity index (χ0v) is 5.76. The molecule has 8 heavy (non-hydrogen) atoms. The molecule has 0 spiro atoms. The molecule has 0 fully saturated rings. The molecule has 0 aliphatic rings. The molecular formula is C5H4NS2. The summed E-state index contributed by atoms with van der Waals surface area (Å²) < 4.78 is 0. The number of hydrogen-bond donors (Lipinski definition) is 0. The summed E-state index contributed by atoms with van der Waals surface area (Å²) in [4.78, 5) is 4.00. The summed E-state index contributed by atoms with van der Waals surface area (Å²) in [5.74, 6) is 0. The number of rotatable bonds is 2. The fraction of sp³-hybridized carbons (Fsp3) is 0.200. The third-order valence-corrected chi connectivity index (χ3v) is 1.52. The Morgan fingerprint density at radius 1 is 1.88 bits per heavy atom. The maximum Gasteiger partial charge on any atom is 0.0794 e. The van der Waals surface area contributed by atoms with Crippen LogP contribution >= 0.6 is 23.6 Å². The lowest BCUT2D eigenvalue weighted by Gasteiger charge is -1.78. The zero-order chi connectivity index (χ0) is 5.82. The van der Waals surface area contributed by atoms with E-state index in [4.69, 9.17) is 0 Å². The second kappa shape index (κ2) is 2.89. The van der Waals surface area contributed by atoms with Gasteiger partial charge in [0.15, 0.2) is 0 Å². The summed E-state index contributed by atoms with van der Waals surface area (Å²) in [5.41, 5.74) is 2.81. The normalized spacial score (nSPS) is 9.00. The molecule has 0 unspecified atom stereocenters. The van der Waals surface area contributed by atoms with Gasteiger partial charge in [0, 0.05) is 17.2 Å². The van der Waals surface area contributed by atoms with Crippen molar-refractivity contribution >= 4 is 28.9 Å². The van der Waals surface area contributed by atoms with E-state index in [1.807, 2.05) is 5.38 Å². The molecule has 0 aromatic carbocycles. The first-order valence-electron chi connectivity index (χ1n) is 2.15. The fourth-order valence-corrected chi connectivity index (χ4v) is 1.11. The molecule has 0 saturated heterocycles. The van der Waals surface area contributed by atoms with Gasteiger partial charge in [0.2, 0.25) is 0 Å². The van der Waals surface area contributed by atoms with Crippen molar-refractivity contribution in [1.82, 2.24) is 4.98 Å². The Labute approximate surface area is 57.4 Å². The van der Waals surface area contributed by atoms with Crippen molar-refractivity contribution in [3.05, 3.63) is 16.6 Å². The molecule has 1 radical (unpaired) electrons. The average molecular weight is 142 g/mol. The van der Waals surface area contributed by atoms with Crippen molar-refractivity contribution in [3.63, 3.8) is 0 Å². The molecule has 0 saturated carbocycles. The lowest BCUT2D eigenvalue weighted by atomic mass is 10.4. The summed E-state index contributed by atoms with van der Waals surface area (Å²) in [6, 6.07) is 0. The third kappa shape index (κ3) is 1.35. The fourth-order valence-electron chi connectivity index (χ4n) is 0.399. The maximum absolute atomic E-state index is 4.51. The van der Waals surface area contributed by atoms with E-state index in [1.165, 1.54) is 0 Å². The van der Waals surface area contributed by atoms with Crippen molar-refractivity contribution in [3.8, 4) is 0 Å². The van der Waals surface area contributed by atoms with Crippen LogP contribution in [0.5, 0.6) is 0 Å². The van der Waals surface area contributed by atoms with Gasteiger partial charge in [0.25, 0.3) is 0 Å². The molecule has 0 amide bonds. The zero-order valence-electron chi connectivity index (χ0n) is 4.13. The Morgan fingerprint density at radius 2 is 2.75 bits per heavy atom. The van der Waals surface area contributed by atoms with Crippen molar-refractivity contribution < 1.29 is 0 Å². The largest absolute Gasteiger partial charge is 0.249 e. The van der Waals surface area contributed by atoms with Gasteiger partial charge in [0.1, 0.15) is 0 Å². The molecular weight excluding hydrogens is 138 g/mol. The van der Waals surface area contributed by atoms with E-state index in [1.54, 1.807) is 16.8 Å². The first-order valence-corrected chi connectivity index (χ1v) is 3.50. The molecule has 0 aliphatic heterocycles. The molecule has 0 bridgehead atoms. The minimum absolute atomic E-state index is 0.693. The Morgan fingerprint density at radius 3 is 3.25 bits per heavy atom. The first-order chi connectivity index (χ1) is 3.93. The molecule has 3 heteroatoms. The molecule has 1 aromatic rings. The van der Waals surface area contributed by atoms with Crippen LogP contribution in [0.2, 0.25) is 0 Å². The van der Waals surface area contributed by atoms with Gasteiger partial charge in [-0.25, -0.2) is 4.98 Å². The Balaban J connectivity index is 2.62. The second-order valence-corrected chi connectivity index (χ2v) is 2.31. The van der Waals surface area contributed by atoms with E-state index in [0.29, 0.717) is 6.42 Å². The predicted molar refractivity (Wildman–Crippen MR) is 38.4 cm³/mol. The van der Waals surface area contributed by atoms with Crippen LogP contribution in [0.15, 0.2) is 10.9 Å². The monoisotopic (exact) mass is 142 g/mol. The van der Waals surface area contributed by atoms with Gasteiger partial charge in [0.05, 0.1) is 11.2 Å². The summed E-state index contributed by atoms with van der Waals surface area (Å²) in [7, 11) is 0. The van der Waals surface area contributed by atoms with Gasteiger partial charge < -0.3 is 0 Å². The number of nitrogens with zero attached hydrogens (tertiary/aromatic N) is 1. The highest BCUT2D eigenvalue weighted by Crippen LogP contribution is 1.99. The van der Waals surface area contributed by atoms with Crippen LogP contribution in [0.3, 0.4) is 0 Å². The summed E-state index contributed by atoms with van der Waals surface area (Å²) in [6.45, 7) is 0. The van der Waals surface area contributed by atoms with Crippen molar-refractivity contribution in [2.24, 2.45) is 0 Å².